The second-order valence-corrected chi connectivity index (χ2v) is 5.00. The lowest BCUT2D eigenvalue weighted by Crippen LogP contribution is -1.98. The summed E-state index contributed by atoms with van der Waals surface area (Å²) in [6, 6.07) is 6.68. The first kappa shape index (κ1) is 13.5. The van der Waals surface area contributed by atoms with Crippen molar-refractivity contribution in [3.63, 3.8) is 0 Å². The zero-order chi connectivity index (χ0) is 15.0. The lowest BCUT2D eigenvalue weighted by molar-refractivity contribution is 0.475. The number of rotatable bonds is 2. The van der Waals surface area contributed by atoms with Crippen LogP contribution in [0, 0.1) is 6.92 Å². The van der Waals surface area contributed by atoms with E-state index in [1.54, 1.807) is 18.4 Å². The zero-order valence-electron chi connectivity index (χ0n) is 11.2. The van der Waals surface area contributed by atoms with E-state index in [1.165, 1.54) is 12.3 Å². The molecule has 0 bridgehead atoms. The van der Waals surface area contributed by atoms with Crippen LogP contribution in [0.1, 0.15) is 5.56 Å². The number of anilines is 1. The molecule has 0 amide bonds. The Kier molecular flexibility index (Phi) is 3.27. The molecule has 21 heavy (non-hydrogen) atoms. The Morgan fingerprint density at radius 1 is 1.24 bits per heavy atom. The number of aromatic nitrogens is 2. The van der Waals surface area contributed by atoms with Gasteiger partial charge in [0.1, 0.15) is 17.3 Å². The minimum atomic E-state index is 0.0135. The highest BCUT2D eigenvalue weighted by molar-refractivity contribution is 6.32. The van der Waals surface area contributed by atoms with Gasteiger partial charge in [-0.25, -0.2) is 9.97 Å². The third-order valence-corrected chi connectivity index (χ3v) is 3.39. The van der Waals surface area contributed by atoms with Crippen LogP contribution in [0.25, 0.3) is 22.7 Å². The first-order valence-corrected chi connectivity index (χ1v) is 6.60. The van der Waals surface area contributed by atoms with Crippen LogP contribution in [0.3, 0.4) is 0 Å². The van der Waals surface area contributed by atoms with E-state index in [-0.39, 0.29) is 10.8 Å². The molecule has 3 N–H and O–H groups in total. The number of aryl methyl sites for hydroxylation is 1. The van der Waals surface area contributed by atoms with E-state index in [0.29, 0.717) is 23.0 Å². The minimum absolute atomic E-state index is 0.0135. The van der Waals surface area contributed by atoms with Crippen molar-refractivity contribution in [3.05, 3.63) is 47.3 Å². The first-order chi connectivity index (χ1) is 10.1. The summed E-state index contributed by atoms with van der Waals surface area (Å²) in [5.74, 6) is 0.919. The summed E-state index contributed by atoms with van der Waals surface area (Å²) in [5.41, 5.74) is 8.51. The summed E-state index contributed by atoms with van der Waals surface area (Å²) < 4.78 is 5.48. The van der Waals surface area contributed by atoms with Gasteiger partial charge in [0.15, 0.2) is 5.76 Å². The van der Waals surface area contributed by atoms with Gasteiger partial charge in [-0.2, -0.15) is 0 Å². The Balaban J connectivity index is 2.23. The largest absolute Gasteiger partial charge is 0.506 e. The van der Waals surface area contributed by atoms with Gasteiger partial charge in [-0.15, -0.1) is 0 Å². The van der Waals surface area contributed by atoms with Crippen LogP contribution >= 0.6 is 11.6 Å². The predicted molar refractivity (Wildman–Crippen MR) is 81.0 cm³/mol. The third-order valence-electron chi connectivity index (χ3n) is 3.09. The topological polar surface area (TPSA) is 85.2 Å². The molecule has 0 spiro atoms. The van der Waals surface area contributed by atoms with Crippen LogP contribution < -0.4 is 5.73 Å². The molecule has 0 fully saturated rings. The molecule has 2 heterocycles. The van der Waals surface area contributed by atoms with Crippen LogP contribution in [0.5, 0.6) is 5.75 Å². The maximum atomic E-state index is 9.53. The van der Waals surface area contributed by atoms with Crippen molar-refractivity contribution >= 4 is 17.4 Å². The number of hydrogen-bond acceptors (Lipinski definition) is 5. The van der Waals surface area contributed by atoms with Gasteiger partial charge in [0.05, 0.1) is 23.2 Å². The Labute approximate surface area is 126 Å². The van der Waals surface area contributed by atoms with Crippen molar-refractivity contribution in [3.8, 4) is 28.5 Å². The maximum absolute atomic E-state index is 9.53. The number of nitrogens with zero attached hydrogens (tertiary/aromatic N) is 2. The third kappa shape index (κ3) is 2.43. The second kappa shape index (κ2) is 5.10. The molecule has 2 aromatic heterocycles. The summed E-state index contributed by atoms with van der Waals surface area (Å²) >= 11 is 5.96. The molecular weight excluding hydrogens is 290 g/mol. The van der Waals surface area contributed by atoms with Crippen LogP contribution in [0.4, 0.5) is 5.82 Å². The molecule has 0 unspecified atom stereocenters. The molecule has 3 aromatic rings. The smallest absolute Gasteiger partial charge is 0.157 e. The molecule has 106 valence electrons. The summed E-state index contributed by atoms with van der Waals surface area (Å²) in [6.45, 7) is 1.91. The van der Waals surface area contributed by atoms with Crippen molar-refractivity contribution in [1.82, 2.24) is 9.97 Å². The second-order valence-electron chi connectivity index (χ2n) is 4.59. The number of halogens is 1. The van der Waals surface area contributed by atoms with Crippen molar-refractivity contribution in [2.45, 2.75) is 6.92 Å². The van der Waals surface area contributed by atoms with Gasteiger partial charge in [0.2, 0.25) is 0 Å². The molecule has 0 aliphatic rings. The van der Waals surface area contributed by atoms with Gasteiger partial charge in [0, 0.05) is 5.56 Å². The quantitative estimate of drug-likeness (QED) is 0.754. The highest BCUT2D eigenvalue weighted by Crippen LogP contribution is 2.34. The number of benzene rings is 1. The van der Waals surface area contributed by atoms with Crippen molar-refractivity contribution in [2.75, 3.05) is 5.73 Å². The predicted octanol–water partition coefficient (Wildman–Crippen LogP) is 3.65. The standard InChI is InChI=1S/C15H12ClN3O2/c1-8-4-5-21-15(8)14-13(18-7-12(17)19-14)9-2-3-11(20)10(16)6-9/h2-7,20H,1H3,(H2,17,19). The number of nitrogen functional groups attached to an aromatic ring is 1. The van der Waals surface area contributed by atoms with Crippen molar-refractivity contribution in [2.24, 2.45) is 0 Å². The zero-order valence-corrected chi connectivity index (χ0v) is 11.9. The fourth-order valence-corrected chi connectivity index (χ4v) is 2.22. The van der Waals surface area contributed by atoms with Crippen molar-refractivity contribution in [1.29, 1.82) is 0 Å². The fourth-order valence-electron chi connectivity index (χ4n) is 2.04. The molecule has 0 atom stereocenters. The molecule has 0 saturated carbocycles. The number of furan rings is 1. The average molecular weight is 302 g/mol. The van der Waals surface area contributed by atoms with Crippen LogP contribution in [-0.4, -0.2) is 15.1 Å². The van der Waals surface area contributed by atoms with Gasteiger partial charge in [0.25, 0.3) is 0 Å². The molecule has 0 aliphatic heterocycles. The van der Waals surface area contributed by atoms with Gasteiger partial charge < -0.3 is 15.3 Å². The summed E-state index contributed by atoms with van der Waals surface area (Å²) in [6.07, 6.45) is 3.06. The molecule has 1 aromatic carbocycles. The number of phenols is 1. The van der Waals surface area contributed by atoms with E-state index < -0.39 is 0 Å². The number of hydrogen-bond donors (Lipinski definition) is 2. The van der Waals surface area contributed by atoms with Gasteiger partial charge >= 0.3 is 0 Å². The SMILES string of the molecule is Cc1ccoc1-c1nc(N)cnc1-c1ccc(O)c(Cl)c1. The number of phenolic OH excluding ortho intramolecular Hbond substituents is 1. The molecule has 0 radical (unpaired) electrons. The lowest BCUT2D eigenvalue weighted by atomic mass is 10.1. The average Bonchev–Trinajstić information content (AvgIpc) is 2.88. The van der Waals surface area contributed by atoms with Gasteiger partial charge in [-0.1, -0.05) is 11.6 Å². The molecule has 0 aliphatic carbocycles. The van der Waals surface area contributed by atoms with Crippen molar-refractivity contribution < 1.29 is 9.52 Å². The maximum Gasteiger partial charge on any atom is 0.157 e. The highest BCUT2D eigenvalue weighted by atomic mass is 35.5. The number of nitrogens with two attached hydrogens (primary N) is 1. The van der Waals surface area contributed by atoms with Crippen LogP contribution in [-0.2, 0) is 0 Å². The van der Waals surface area contributed by atoms with E-state index in [0.717, 1.165) is 11.1 Å². The van der Waals surface area contributed by atoms with E-state index in [9.17, 15) is 5.11 Å². The Hall–Kier alpha value is -2.53. The Morgan fingerprint density at radius 3 is 2.71 bits per heavy atom. The van der Waals surface area contributed by atoms with Crippen LogP contribution in [0.2, 0.25) is 5.02 Å². The molecule has 0 saturated heterocycles. The minimum Gasteiger partial charge on any atom is -0.506 e. The summed E-state index contributed by atoms with van der Waals surface area (Å²) in [4.78, 5) is 8.65. The summed E-state index contributed by atoms with van der Waals surface area (Å²) in [7, 11) is 0. The Morgan fingerprint density at radius 2 is 2.05 bits per heavy atom. The van der Waals surface area contributed by atoms with Gasteiger partial charge in [-0.3, -0.25) is 0 Å². The van der Waals surface area contributed by atoms with Crippen LogP contribution in [0.15, 0.2) is 41.1 Å². The first-order valence-electron chi connectivity index (χ1n) is 6.22. The molecule has 3 rings (SSSR count). The molecule has 5 nitrogen and oxygen atoms in total. The van der Waals surface area contributed by atoms with E-state index >= 15 is 0 Å². The molecule has 6 heteroatoms. The number of aromatic hydroxyl groups is 1. The monoisotopic (exact) mass is 301 g/mol. The normalized spacial score (nSPS) is 10.8. The lowest BCUT2D eigenvalue weighted by Gasteiger charge is -2.08. The van der Waals surface area contributed by atoms with Gasteiger partial charge in [-0.05, 0) is 36.8 Å². The van der Waals surface area contributed by atoms with E-state index in [2.05, 4.69) is 9.97 Å². The van der Waals surface area contributed by atoms with E-state index in [4.69, 9.17) is 21.8 Å². The van der Waals surface area contributed by atoms with E-state index in [1.807, 2.05) is 13.0 Å². The molecular formula is C15H12ClN3O2. The fraction of sp³-hybridized carbons (Fsp3) is 0.0667. The Bertz CT molecular complexity index is 814. The summed E-state index contributed by atoms with van der Waals surface area (Å²) in [5, 5.41) is 9.77. The highest BCUT2D eigenvalue weighted by Gasteiger charge is 2.17.